The zero-order chi connectivity index (χ0) is 10.7. The van der Waals surface area contributed by atoms with Gasteiger partial charge in [0, 0.05) is 11.4 Å². The normalized spacial score (nSPS) is 13.2. The highest BCUT2D eigenvalue weighted by Crippen LogP contribution is 2.13. The Hall–Kier alpha value is -1.35. The smallest absolute Gasteiger partial charge is 0.0683 e. The highest BCUT2D eigenvalue weighted by Gasteiger charge is 2.06. The van der Waals surface area contributed by atoms with Crippen molar-refractivity contribution in [1.82, 2.24) is 9.78 Å². The molecule has 1 unspecified atom stereocenters. The lowest BCUT2D eigenvalue weighted by Gasteiger charge is -2.10. The van der Waals surface area contributed by atoms with Crippen molar-refractivity contribution in [2.75, 3.05) is 0 Å². The molecule has 0 aliphatic carbocycles. The molecule has 0 aliphatic rings. The summed E-state index contributed by atoms with van der Waals surface area (Å²) in [7, 11) is 0. The monoisotopic (exact) mass is 203 g/mol. The first-order valence-corrected chi connectivity index (χ1v) is 5.47. The van der Waals surface area contributed by atoms with Crippen LogP contribution in [0.4, 0.5) is 0 Å². The Morgan fingerprint density at radius 1 is 1.40 bits per heavy atom. The summed E-state index contributed by atoms with van der Waals surface area (Å²) in [5.41, 5.74) is 7.18. The van der Waals surface area contributed by atoms with Gasteiger partial charge in [0.15, 0.2) is 0 Å². The maximum absolute atomic E-state index is 6.01. The number of rotatable bonds is 4. The predicted octanol–water partition coefficient (Wildman–Crippen LogP) is 2.16. The molecule has 1 aromatic heterocycles. The van der Waals surface area contributed by atoms with Crippen LogP contribution in [0.5, 0.6) is 0 Å². The summed E-state index contributed by atoms with van der Waals surface area (Å²) in [5.74, 6) is 0. The van der Waals surface area contributed by atoms with E-state index in [1.165, 1.54) is 10.9 Å². The van der Waals surface area contributed by atoms with Gasteiger partial charge in [0.1, 0.15) is 0 Å². The molecule has 0 fully saturated rings. The number of hydrogen-bond acceptors (Lipinski definition) is 2. The zero-order valence-electron chi connectivity index (χ0n) is 9.06. The van der Waals surface area contributed by atoms with Gasteiger partial charge in [-0.1, -0.05) is 31.5 Å². The molecule has 0 radical (unpaired) electrons. The molecule has 3 nitrogen and oxygen atoms in total. The second-order valence-electron chi connectivity index (χ2n) is 3.93. The number of nitrogens with zero attached hydrogens (tertiary/aromatic N) is 2. The van der Waals surface area contributed by atoms with E-state index in [1.54, 1.807) is 0 Å². The highest BCUT2D eigenvalue weighted by molar-refractivity contribution is 5.78. The molecule has 1 atom stereocenters. The van der Waals surface area contributed by atoms with Crippen molar-refractivity contribution in [3.8, 4) is 0 Å². The summed E-state index contributed by atoms with van der Waals surface area (Å²) in [6, 6.07) is 8.43. The minimum atomic E-state index is 0.207. The number of nitrogens with two attached hydrogens (primary N) is 1. The summed E-state index contributed by atoms with van der Waals surface area (Å²) in [4.78, 5) is 0. The van der Waals surface area contributed by atoms with Crippen LogP contribution in [0.3, 0.4) is 0 Å². The lowest BCUT2D eigenvalue weighted by Crippen LogP contribution is -2.26. The summed E-state index contributed by atoms with van der Waals surface area (Å²) in [6.45, 7) is 2.96. The number of fused-ring (bicyclic) bond motifs is 1. The van der Waals surface area contributed by atoms with Crippen LogP contribution < -0.4 is 5.73 Å². The number of hydrogen-bond donors (Lipinski definition) is 1. The summed E-state index contributed by atoms with van der Waals surface area (Å²) < 4.78 is 2.00. The fraction of sp³-hybridized carbons (Fsp3) is 0.417. The lowest BCUT2D eigenvalue weighted by atomic mass is 10.2. The van der Waals surface area contributed by atoms with E-state index in [1.807, 2.05) is 23.0 Å². The molecule has 1 heterocycles. The Balaban J connectivity index is 2.21. The Labute approximate surface area is 89.9 Å². The summed E-state index contributed by atoms with van der Waals surface area (Å²) in [6.07, 6.45) is 4.07. The van der Waals surface area contributed by atoms with E-state index in [0.717, 1.165) is 19.4 Å². The average Bonchev–Trinajstić information content (AvgIpc) is 2.62. The Morgan fingerprint density at radius 2 is 2.20 bits per heavy atom. The number of benzene rings is 1. The molecule has 2 N–H and O–H groups in total. The molecule has 1 aromatic carbocycles. The Bertz CT molecular complexity index is 433. The van der Waals surface area contributed by atoms with Crippen LogP contribution in [0.15, 0.2) is 30.5 Å². The number of para-hydroxylation sites is 1. The van der Waals surface area contributed by atoms with Crippen LogP contribution in [-0.2, 0) is 6.54 Å². The first kappa shape index (κ1) is 10.2. The fourth-order valence-electron chi connectivity index (χ4n) is 1.86. The van der Waals surface area contributed by atoms with Gasteiger partial charge in [-0.3, -0.25) is 4.68 Å². The Kier molecular flexibility index (Phi) is 3.02. The van der Waals surface area contributed by atoms with Gasteiger partial charge in [-0.2, -0.15) is 5.10 Å². The van der Waals surface area contributed by atoms with Crippen molar-refractivity contribution in [1.29, 1.82) is 0 Å². The van der Waals surface area contributed by atoms with Crippen molar-refractivity contribution in [3.05, 3.63) is 30.5 Å². The third kappa shape index (κ3) is 2.18. The molecular weight excluding hydrogens is 186 g/mol. The van der Waals surface area contributed by atoms with Crippen LogP contribution >= 0.6 is 0 Å². The first-order chi connectivity index (χ1) is 7.31. The van der Waals surface area contributed by atoms with Crippen LogP contribution in [0, 0.1) is 0 Å². The molecule has 80 valence electrons. The molecule has 2 aromatic rings. The van der Waals surface area contributed by atoms with Gasteiger partial charge in [0.25, 0.3) is 0 Å². The van der Waals surface area contributed by atoms with Gasteiger partial charge in [-0.05, 0) is 12.5 Å². The number of aromatic nitrogens is 2. The van der Waals surface area contributed by atoms with Crippen LogP contribution in [0.1, 0.15) is 19.8 Å². The molecule has 15 heavy (non-hydrogen) atoms. The molecule has 0 amide bonds. The lowest BCUT2D eigenvalue weighted by molar-refractivity contribution is 0.491. The SMILES string of the molecule is CCCC(N)Cn1ncc2ccccc21. The molecule has 0 aliphatic heterocycles. The van der Waals surface area contributed by atoms with Gasteiger partial charge >= 0.3 is 0 Å². The second kappa shape index (κ2) is 4.45. The average molecular weight is 203 g/mol. The van der Waals surface area contributed by atoms with Crippen LogP contribution in [-0.4, -0.2) is 15.8 Å². The molecular formula is C12H17N3. The van der Waals surface area contributed by atoms with Crippen molar-refractivity contribution in [2.24, 2.45) is 5.73 Å². The maximum Gasteiger partial charge on any atom is 0.0683 e. The van der Waals surface area contributed by atoms with Crippen molar-refractivity contribution >= 4 is 10.9 Å². The van der Waals surface area contributed by atoms with E-state index in [2.05, 4.69) is 24.2 Å². The maximum atomic E-state index is 6.01. The molecule has 0 spiro atoms. The van der Waals surface area contributed by atoms with Gasteiger partial charge in [-0.25, -0.2) is 0 Å². The molecule has 2 rings (SSSR count). The van der Waals surface area contributed by atoms with Gasteiger partial charge in [0.05, 0.1) is 18.3 Å². The third-order valence-electron chi connectivity index (χ3n) is 2.62. The van der Waals surface area contributed by atoms with Gasteiger partial charge < -0.3 is 5.73 Å². The predicted molar refractivity (Wildman–Crippen MR) is 62.6 cm³/mol. The largest absolute Gasteiger partial charge is 0.326 e. The van der Waals surface area contributed by atoms with Gasteiger partial charge in [-0.15, -0.1) is 0 Å². The third-order valence-corrected chi connectivity index (χ3v) is 2.62. The van der Waals surface area contributed by atoms with E-state index < -0.39 is 0 Å². The van der Waals surface area contributed by atoms with Crippen molar-refractivity contribution in [3.63, 3.8) is 0 Å². The quantitative estimate of drug-likeness (QED) is 0.827. The molecule has 0 saturated carbocycles. The molecule has 3 heteroatoms. The molecule has 0 bridgehead atoms. The van der Waals surface area contributed by atoms with E-state index in [0.29, 0.717) is 0 Å². The summed E-state index contributed by atoms with van der Waals surface area (Å²) >= 11 is 0. The van der Waals surface area contributed by atoms with Crippen LogP contribution in [0.25, 0.3) is 10.9 Å². The minimum absolute atomic E-state index is 0.207. The minimum Gasteiger partial charge on any atom is -0.326 e. The van der Waals surface area contributed by atoms with Crippen molar-refractivity contribution in [2.45, 2.75) is 32.4 Å². The standard InChI is InChI=1S/C12H17N3/c1-2-5-11(13)9-15-12-7-4-3-6-10(12)8-14-15/h3-4,6-8,11H,2,5,9,13H2,1H3. The van der Waals surface area contributed by atoms with E-state index in [4.69, 9.17) is 5.73 Å². The fourth-order valence-corrected chi connectivity index (χ4v) is 1.86. The van der Waals surface area contributed by atoms with Gasteiger partial charge in [0.2, 0.25) is 0 Å². The van der Waals surface area contributed by atoms with E-state index in [9.17, 15) is 0 Å². The topological polar surface area (TPSA) is 43.8 Å². The first-order valence-electron chi connectivity index (χ1n) is 5.47. The van der Waals surface area contributed by atoms with E-state index >= 15 is 0 Å². The zero-order valence-corrected chi connectivity index (χ0v) is 9.06. The Morgan fingerprint density at radius 3 is 3.00 bits per heavy atom. The van der Waals surface area contributed by atoms with Crippen LogP contribution in [0.2, 0.25) is 0 Å². The van der Waals surface area contributed by atoms with E-state index in [-0.39, 0.29) is 6.04 Å². The second-order valence-corrected chi connectivity index (χ2v) is 3.93. The highest BCUT2D eigenvalue weighted by atomic mass is 15.3. The molecule has 0 saturated heterocycles. The summed E-state index contributed by atoms with van der Waals surface area (Å²) in [5, 5.41) is 5.54. The van der Waals surface area contributed by atoms with Crippen molar-refractivity contribution < 1.29 is 0 Å².